The van der Waals surface area contributed by atoms with E-state index in [2.05, 4.69) is 5.32 Å². The van der Waals surface area contributed by atoms with Crippen molar-refractivity contribution < 1.29 is 9.53 Å². The van der Waals surface area contributed by atoms with E-state index in [-0.39, 0.29) is 5.97 Å². The van der Waals surface area contributed by atoms with Gasteiger partial charge in [-0.2, -0.15) is 0 Å². The summed E-state index contributed by atoms with van der Waals surface area (Å²) in [5.74, 6) is 0.336. The molecule has 0 aromatic heterocycles. The molecule has 1 aromatic carbocycles. The van der Waals surface area contributed by atoms with Crippen LogP contribution in [0.5, 0.6) is 5.75 Å². The minimum Gasteiger partial charge on any atom is -0.423 e. The highest BCUT2D eigenvalue weighted by molar-refractivity contribution is 5.90. The van der Waals surface area contributed by atoms with Gasteiger partial charge in [-0.15, -0.1) is 0 Å². The summed E-state index contributed by atoms with van der Waals surface area (Å²) < 4.78 is 5.21. The number of hydrogen-bond donors (Lipinski definition) is 1. The van der Waals surface area contributed by atoms with Crippen LogP contribution in [0.1, 0.15) is 12.8 Å². The quantitative estimate of drug-likeness (QED) is 0.589. The highest BCUT2D eigenvalue weighted by Gasteiger charge is 2.13. The molecule has 0 saturated carbocycles. The summed E-state index contributed by atoms with van der Waals surface area (Å²) >= 11 is 0. The minimum absolute atomic E-state index is 0.256. The van der Waals surface area contributed by atoms with Gasteiger partial charge in [0.15, 0.2) is 0 Å². The van der Waals surface area contributed by atoms with Gasteiger partial charge in [-0.3, -0.25) is 0 Å². The standard InChI is InChI=1S/C12H13NO2/c14-12(10-5-4-8-13-9-10)15-11-6-2-1-3-7-11/h1-3,6-7,9,13H,4-5,8H2. The molecule has 1 aromatic rings. The van der Waals surface area contributed by atoms with Gasteiger partial charge in [0.2, 0.25) is 0 Å². The van der Waals surface area contributed by atoms with Gasteiger partial charge in [0.1, 0.15) is 5.75 Å². The van der Waals surface area contributed by atoms with E-state index in [1.807, 2.05) is 18.2 Å². The van der Waals surface area contributed by atoms with Gasteiger partial charge >= 0.3 is 5.97 Å². The Bertz CT molecular complexity index is 370. The molecule has 0 spiro atoms. The van der Waals surface area contributed by atoms with E-state index in [0.717, 1.165) is 19.4 Å². The second-order valence-corrected chi connectivity index (χ2v) is 3.43. The van der Waals surface area contributed by atoms with Crippen LogP contribution in [0.25, 0.3) is 0 Å². The Labute approximate surface area is 88.8 Å². The fourth-order valence-corrected chi connectivity index (χ4v) is 1.47. The largest absolute Gasteiger partial charge is 0.423 e. The molecule has 1 aliphatic rings. The topological polar surface area (TPSA) is 38.3 Å². The molecule has 0 aliphatic carbocycles. The fourth-order valence-electron chi connectivity index (χ4n) is 1.47. The Balaban J connectivity index is 2.00. The lowest BCUT2D eigenvalue weighted by Gasteiger charge is -2.12. The molecule has 15 heavy (non-hydrogen) atoms. The van der Waals surface area contributed by atoms with Crippen molar-refractivity contribution in [3.8, 4) is 5.75 Å². The lowest BCUT2D eigenvalue weighted by molar-refractivity contribution is -0.130. The van der Waals surface area contributed by atoms with Crippen LogP contribution in [0, 0.1) is 0 Å². The van der Waals surface area contributed by atoms with E-state index in [9.17, 15) is 4.79 Å². The van der Waals surface area contributed by atoms with E-state index in [1.54, 1.807) is 18.3 Å². The van der Waals surface area contributed by atoms with Crippen LogP contribution < -0.4 is 10.1 Å². The molecule has 0 amide bonds. The first-order valence-electron chi connectivity index (χ1n) is 5.06. The average molecular weight is 203 g/mol. The highest BCUT2D eigenvalue weighted by Crippen LogP contribution is 2.14. The van der Waals surface area contributed by atoms with Gasteiger partial charge in [0.25, 0.3) is 0 Å². The number of para-hydroxylation sites is 1. The average Bonchev–Trinajstić information content (AvgIpc) is 2.31. The SMILES string of the molecule is O=C(Oc1ccccc1)C1=CNCCC1. The Kier molecular flexibility index (Phi) is 3.02. The summed E-state index contributed by atoms with van der Waals surface area (Å²) in [6.45, 7) is 0.933. The van der Waals surface area contributed by atoms with Crippen LogP contribution >= 0.6 is 0 Å². The Morgan fingerprint density at radius 2 is 2.07 bits per heavy atom. The first kappa shape index (κ1) is 9.77. The van der Waals surface area contributed by atoms with Crippen molar-refractivity contribution in [3.05, 3.63) is 42.1 Å². The second kappa shape index (κ2) is 4.64. The van der Waals surface area contributed by atoms with Crippen molar-refractivity contribution >= 4 is 5.97 Å². The summed E-state index contributed by atoms with van der Waals surface area (Å²) in [6.07, 6.45) is 3.52. The summed E-state index contributed by atoms with van der Waals surface area (Å²) in [5, 5.41) is 3.04. The first-order valence-corrected chi connectivity index (χ1v) is 5.06. The number of rotatable bonds is 2. The second-order valence-electron chi connectivity index (χ2n) is 3.43. The highest BCUT2D eigenvalue weighted by atomic mass is 16.5. The van der Waals surface area contributed by atoms with E-state index >= 15 is 0 Å². The maximum atomic E-state index is 11.6. The molecular weight excluding hydrogens is 190 g/mol. The molecule has 1 aliphatic heterocycles. The minimum atomic E-state index is -0.256. The van der Waals surface area contributed by atoms with Gasteiger partial charge in [-0.05, 0) is 25.0 Å². The van der Waals surface area contributed by atoms with Crippen LogP contribution in [0.15, 0.2) is 42.1 Å². The molecule has 3 nitrogen and oxygen atoms in total. The molecule has 0 radical (unpaired) electrons. The third kappa shape index (κ3) is 2.59. The number of esters is 1. The first-order chi connectivity index (χ1) is 7.36. The zero-order valence-corrected chi connectivity index (χ0v) is 8.40. The third-order valence-corrected chi connectivity index (χ3v) is 2.26. The summed E-state index contributed by atoms with van der Waals surface area (Å²) in [6, 6.07) is 9.12. The maximum Gasteiger partial charge on any atom is 0.340 e. The lowest BCUT2D eigenvalue weighted by atomic mass is 10.1. The van der Waals surface area contributed by atoms with Crippen molar-refractivity contribution in [2.45, 2.75) is 12.8 Å². The number of nitrogens with one attached hydrogen (secondary N) is 1. The predicted molar refractivity (Wildman–Crippen MR) is 57.4 cm³/mol. The number of hydrogen-bond acceptors (Lipinski definition) is 3. The van der Waals surface area contributed by atoms with Crippen LogP contribution in [0.4, 0.5) is 0 Å². The predicted octanol–water partition coefficient (Wildman–Crippen LogP) is 1.86. The Morgan fingerprint density at radius 3 is 2.73 bits per heavy atom. The number of carbonyl (C=O) groups excluding carboxylic acids is 1. The van der Waals surface area contributed by atoms with Gasteiger partial charge in [-0.1, -0.05) is 18.2 Å². The van der Waals surface area contributed by atoms with Gasteiger partial charge in [-0.25, -0.2) is 4.79 Å². The van der Waals surface area contributed by atoms with Crippen LogP contribution in [-0.2, 0) is 4.79 Å². The monoisotopic (exact) mass is 203 g/mol. The maximum absolute atomic E-state index is 11.6. The van der Waals surface area contributed by atoms with Crippen molar-refractivity contribution in [1.29, 1.82) is 0 Å². The number of benzene rings is 1. The van der Waals surface area contributed by atoms with Gasteiger partial charge < -0.3 is 10.1 Å². The molecule has 0 fully saturated rings. The number of ether oxygens (including phenoxy) is 1. The van der Waals surface area contributed by atoms with E-state index < -0.39 is 0 Å². The van der Waals surface area contributed by atoms with Crippen molar-refractivity contribution in [3.63, 3.8) is 0 Å². The van der Waals surface area contributed by atoms with Gasteiger partial charge in [0, 0.05) is 12.7 Å². The summed E-state index contributed by atoms with van der Waals surface area (Å²) in [4.78, 5) is 11.6. The molecule has 1 N–H and O–H groups in total. The molecule has 0 bridgehead atoms. The molecule has 2 rings (SSSR count). The van der Waals surface area contributed by atoms with Crippen molar-refractivity contribution in [1.82, 2.24) is 5.32 Å². The third-order valence-electron chi connectivity index (χ3n) is 2.26. The fraction of sp³-hybridized carbons (Fsp3) is 0.250. The Morgan fingerprint density at radius 1 is 1.27 bits per heavy atom. The normalized spacial score (nSPS) is 15.1. The van der Waals surface area contributed by atoms with Crippen molar-refractivity contribution in [2.24, 2.45) is 0 Å². The zero-order chi connectivity index (χ0) is 10.5. The van der Waals surface area contributed by atoms with Crippen molar-refractivity contribution in [2.75, 3.05) is 6.54 Å². The molecule has 78 valence electrons. The molecule has 3 heteroatoms. The Hall–Kier alpha value is -1.77. The molecule has 0 saturated heterocycles. The van der Waals surface area contributed by atoms with E-state index in [1.165, 1.54) is 0 Å². The summed E-state index contributed by atoms with van der Waals surface area (Å²) in [7, 11) is 0. The summed E-state index contributed by atoms with van der Waals surface area (Å²) in [5.41, 5.74) is 0.713. The van der Waals surface area contributed by atoms with Crippen LogP contribution in [0.3, 0.4) is 0 Å². The molecular formula is C12H13NO2. The van der Waals surface area contributed by atoms with E-state index in [0.29, 0.717) is 11.3 Å². The van der Waals surface area contributed by atoms with Crippen LogP contribution in [-0.4, -0.2) is 12.5 Å². The van der Waals surface area contributed by atoms with E-state index in [4.69, 9.17) is 4.74 Å². The van der Waals surface area contributed by atoms with Crippen LogP contribution in [0.2, 0.25) is 0 Å². The molecule has 0 unspecified atom stereocenters. The zero-order valence-electron chi connectivity index (χ0n) is 8.40. The molecule has 0 atom stereocenters. The van der Waals surface area contributed by atoms with Gasteiger partial charge in [0.05, 0.1) is 5.57 Å². The number of carbonyl (C=O) groups is 1. The molecule has 1 heterocycles. The smallest absolute Gasteiger partial charge is 0.340 e. The lowest BCUT2D eigenvalue weighted by Crippen LogP contribution is -2.20.